The van der Waals surface area contributed by atoms with Gasteiger partial charge in [-0.15, -0.1) is 0 Å². The molecule has 1 rings (SSSR count). The minimum absolute atomic E-state index is 0. The Kier molecular flexibility index (Phi) is 6.85. The van der Waals surface area contributed by atoms with Crippen LogP contribution in [0.5, 0.6) is 0 Å². The van der Waals surface area contributed by atoms with Gasteiger partial charge in [-0.05, 0) is 18.4 Å². The third-order valence-electron chi connectivity index (χ3n) is 1.63. The third-order valence-corrected chi connectivity index (χ3v) is 1.63. The Labute approximate surface area is 85.4 Å². The fourth-order valence-electron chi connectivity index (χ4n) is 1.03. The van der Waals surface area contributed by atoms with Crippen molar-refractivity contribution in [3.8, 4) is 0 Å². The van der Waals surface area contributed by atoms with E-state index < -0.39 is 0 Å². The van der Waals surface area contributed by atoms with Gasteiger partial charge in [-0.2, -0.15) is 0 Å². The Morgan fingerprint density at radius 1 is 1.17 bits per heavy atom. The van der Waals surface area contributed by atoms with E-state index in [2.05, 4.69) is 12.1 Å². The van der Waals surface area contributed by atoms with Crippen LogP contribution in [0.2, 0.25) is 0 Å². The first-order valence-electron chi connectivity index (χ1n) is 3.91. The molecular formula is C10H13LiO. The number of benzene rings is 1. The number of hydrogen-bond acceptors (Lipinski definition) is 1. The second-order valence-electron chi connectivity index (χ2n) is 2.54. The molecule has 0 unspecified atom stereocenters. The summed E-state index contributed by atoms with van der Waals surface area (Å²) in [7, 11) is 0. The fourth-order valence-corrected chi connectivity index (χ4v) is 1.03. The maximum atomic E-state index is 10.00. The van der Waals surface area contributed by atoms with Crippen LogP contribution < -0.4 is 0 Å². The van der Waals surface area contributed by atoms with Crippen LogP contribution in [-0.4, -0.2) is 25.1 Å². The van der Waals surface area contributed by atoms with Crippen molar-refractivity contribution >= 4 is 25.1 Å². The van der Waals surface area contributed by atoms with E-state index in [0.29, 0.717) is 6.42 Å². The van der Waals surface area contributed by atoms with E-state index in [1.807, 2.05) is 18.2 Å². The van der Waals surface area contributed by atoms with E-state index in [1.165, 1.54) is 5.56 Å². The average Bonchev–Trinajstić information content (AvgIpc) is 2.07. The standard InChI is InChI=1S/C10H12O.Li.H/c11-9-5-4-8-10-6-2-1-3-7-10;;/h1-3,6-7,9H,4-5,8H2;;. The first kappa shape index (κ1) is 11.5. The summed E-state index contributed by atoms with van der Waals surface area (Å²) in [5.74, 6) is 0. The molecule has 0 aromatic heterocycles. The Bertz CT molecular complexity index is 208. The first-order valence-corrected chi connectivity index (χ1v) is 3.91. The molecule has 12 heavy (non-hydrogen) atoms. The summed E-state index contributed by atoms with van der Waals surface area (Å²) >= 11 is 0. The molecule has 1 nitrogen and oxygen atoms in total. The van der Waals surface area contributed by atoms with E-state index in [4.69, 9.17) is 0 Å². The van der Waals surface area contributed by atoms with Crippen molar-refractivity contribution in [1.82, 2.24) is 0 Å². The van der Waals surface area contributed by atoms with Gasteiger partial charge in [-0.25, -0.2) is 0 Å². The van der Waals surface area contributed by atoms with Crippen molar-refractivity contribution in [3.05, 3.63) is 35.9 Å². The van der Waals surface area contributed by atoms with Crippen LogP contribution in [0.4, 0.5) is 0 Å². The van der Waals surface area contributed by atoms with Gasteiger partial charge < -0.3 is 4.79 Å². The second kappa shape index (κ2) is 7.15. The molecule has 0 saturated carbocycles. The van der Waals surface area contributed by atoms with Crippen LogP contribution in [0.1, 0.15) is 18.4 Å². The molecular weight excluding hydrogens is 143 g/mol. The number of rotatable bonds is 4. The summed E-state index contributed by atoms with van der Waals surface area (Å²) < 4.78 is 0. The molecule has 60 valence electrons. The van der Waals surface area contributed by atoms with Crippen LogP contribution in [0.15, 0.2) is 30.3 Å². The molecule has 1 aromatic rings. The van der Waals surface area contributed by atoms with Gasteiger partial charge in [0.15, 0.2) is 0 Å². The summed E-state index contributed by atoms with van der Waals surface area (Å²) in [5, 5.41) is 0. The van der Waals surface area contributed by atoms with Crippen LogP contribution in [0.3, 0.4) is 0 Å². The summed E-state index contributed by atoms with van der Waals surface area (Å²) in [6.45, 7) is 0. The normalized spacial score (nSPS) is 8.67. The van der Waals surface area contributed by atoms with E-state index >= 15 is 0 Å². The number of aryl methyl sites for hydroxylation is 1. The van der Waals surface area contributed by atoms with Gasteiger partial charge in [-0.1, -0.05) is 30.3 Å². The molecule has 0 atom stereocenters. The van der Waals surface area contributed by atoms with Gasteiger partial charge in [0, 0.05) is 6.42 Å². The molecule has 0 radical (unpaired) electrons. The zero-order valence-electron chi connectivity index (χ0n) is 6.49. The Morgan fingerprint density at radius 2 is 1.83 bits per heavy atom. The summed E-state index contributed by atoms with van der Waals surface area (Å²) in [4.78, 5) is 10.00. The number of carbonyl (C=O) groups is 1. The number of unbranched alkanes of at least 4 members (excludes halogenated alkanes) is 1. The molecule has 2 heteroatoms. The maximum absolute atomic E-state index is 10.00. The zero-order valence-corrected chi connectivity index (χ0v) is 6.49. The second-order valence-corrected chi connectivity index (χ2v) is 2.54. The van der Waals surface area contributed by atoms with Crippen LogP contribution in [0.25, 0.3) is 0 Å². The summed E-state index contributed by atoms with van der Waals surface area (Å²) in [6.07, 6.45) is 3.63. The van der Waals surface area contributed by atoms with Gasteiger partial charge in [0.05, 0.1) is 0 Å². The van der Waals surface area contributed by atoms with Gasteiger partial charge in [-0.3, -0.25) is 0 Å². The molecule has 0 fully saturated rings. The van der Waals surface area contributed by atoms with E-state index in [1.54, 1.807) is 0 Å². The fraction of sp³-hybridized carbons (Fsp3) is 0.300. The number of aldehydes is 1. The van der Waals surface area contributed by atoms with Crippen molar-refractivity contribution in [1.29, 1.82) is 0 Å². The Hall–Kier alpha value is -0.513. The Morgan fingerprint density at radius 3 is 2.42 bits per heavy atom. The molecule has 0 heterocycles. The molecule has 0 amide bonds. The first-order chi connectivity index (χ1) is 5.43. The van der Waals surface area contributed by atoms with Crippen molar-refractivity contribution in [2.75, 3.05) is 0 Å². The minimum atomic E-state index is 0. The van der Waals surface area contributed by atoms with Crippen molar-refractivity contribution < 1.29 is 4.79 Å². The van der Waals surface area contributed by atoms with Crippen molar-refractivity contribution in [3.63, 3.8) is 0 Å². The molecule has 0 saturated heterocycles. The molecule has 1 aromatic carbocycles. The quantitative estimate of drug-likeness (QED) is 0.367. The molecule has 0 spiro atoms. The number of hydrogen-bond donors (Lipinski definition) is 0. The SMILES string of the molecule is O=CCCCc1ccccc1.[LiH]. The summed E-state index contributed by atoms with van der Waals surface area (Å²) in [6, 6.07) is 10.2. The molecule has 0 bridgehead atoms. The molecule has 0 aliphatic carbocycles. The zero-order chi connectivity index (χ0) is 7.94. The van der Waals surface area contributed by atoms with E-state index in [-0.39, 0.29) is 18.9 Å². The van der Waals surface area contributed by atoms with E-state index in [9.17, 15) is 4.79 Å². The Balaban J connectivity index is 0.00000121. The summed E-state index contributed by atoms with van der Waals surface area (Å²) in [5.41, 5.74) is 1.31. The average molecular weight is 156 g/mol. The van der Waals surface area contributed by atoms with Gasteiger partial charge in [0.1, 0.15) is 6.29 Å². The predicted octanol–water partition coefficient (Wildman–Crippen LogP) is 1.56. The monoisotopic (exact) mass is 156 g/mol. The van der Waals surface area contributed by atoms with Crippen LogP contribution >= 0.6 is 0 Å². The molecule has 0 aliphatic heterocycles. The van der Waals surface area contributed by atoms with Gasteiger partial charge in [0.25, 0.3) is 0 Å². The van der Waals surface area contributed by atoms with E-state index in [0.717, 1.165) is 19.1 Å². The van der Waals surface area contributed by atoms with Crippen LogP contribution in [0, 0.1) is 0 Å². The van der Waals surface area contributed by atoms with Crippen LogP contribution in [-0.2, 0) is 11.2 Å². The predicted molar refractivity (Wildman–Crippen MR) is 52.6 cm³/mol. The van der Waals surface area contributed by atoms with Crippen molar-refractivity contribution in [2.24, 2.45) is 0 Å². The topological polar surface area (TPSA) is 17.1 Å². The molecule has 0 aliphatic rings. The van der Waals surface area contributed by atoms with Gasteiger partial charge in [0.2, 0.25) is 0 Å². The van der Waals surface area contributed by atoms with Gasteiger partial charge >= 0.3 is 18.9 Å². The van der Waals surface area contributed by atoms with Crippen molar-refractivity contribution in [2.45, 2.75) is 19.3 Å². The third kappa shape index (κ3) is 4.38. The number of carbonyl (C=O) groups excluding carboxylic acids is 1. The molecule has 0 N–H and O–H groups in total.